The number of thioether (sulfide) groups is 1. The fraction of sp³-hybridized carbons (Fsp3) is 0.545. The first kappa shape index (κ1) is 29.9. The van der Waals surface area contributed by atoms with Crippen molar-refractivity contribution >= 4 is 42.8 Å². The van der Waals surface area contributed by atoms with Crippen molar-refractivity contribution in [2.24, 2.45) is 5.41 Å². The topological polar surface area (TPSA) is 159 Å². The first-order chi connectivity index (χ1) is 17.0. The van der Waals surface area contributed by atoms with Crippen LogP contribution in [-0.2, 0) is 32.7 Å². The van der Waals surface area contributed by atoms with Gasteiger partial charge in [-0.15, -0.1) is 0 Å². The van der Waals surface area contributed by atoms with E-state index in [4.69, 9.17) is 23.0 Å². The molecule has 0 spiro atoms. The zero-order chi connectivity index (χ0) is 26.8. The first-order valence-electron chi connectivity index (χ1n) is 11.1. The van der Waals surface area contributed by atoms with Gasteiger partial charge in [0.25, 0.3) is 0 Å². The standard InChI is InChI=1S/C22H33N2O10PS/c1-15(25)36-12-11-23-18(26)9-10-24-20(27)19-22(2,3)13-32-35(29,34-19)33-14-31-21(28)16-5-7-17(30-4)8-6-16/h5-8,19,29,35H,9-14H2,1-4H3,(H,23,26)(H,24,27)/t19-/m0/s1. The zero-order valence-corrected chi connectivity index (χ0v) is 22.5. The molecule has 0 unspecified atom stereocenters. The van der Waals surface area contributed by atoms with Crippen molar-refractivity contribution in [1.29, 1.82) is 0 Å². The van der Waals surface area contributed by atoms with Crippen LogP contribution in [0, 0.1) is 5.41 Å². The normalized spacial score (nSPS) is 19.0. The molecule has 0 bridgehead atoms. The van der Waals surface area contributed by atoms with Gasteiger partial charge in [-0.05, 0) is 0 Å². The quantitative estimate of drug-likeness (QED) is 0.151. The molecule has 0 aliphatic carbocycles. The number of nitrogens with one attached hydrogen (secondary N) is 2. The number of esters is 1. The van der Waals surface area contributed by atoms with E-state index in [1.54, 1.807) is 26.0 Å². The number of carbonyl (C=O) groups is 4. The van der Waals surface area contributed by atoms with Gasteiger partial charge in [0.05, 0.1) is 0 Å². The Morgan fingerprint density at radius 1 is 1.17 bits per heavy atom. The van der Waals surface area contributed by atoms with Crippen molar-refractivity contribution in [3.63, 3.8) is 0 Å². The van der Waals surface area contributed by atoms with Crippen LogP contribution >= 0.6 is 19.9 Å². The van der Waals surface area contributed by atoms with Crippen LogP contribution in [0.5, 0.6) is 5.75 Å². The molecule has 0 aromatic heterocycles. The summed E-state index contributed by atoms with van der Waals surface area (Å²) in [6, 6.07) is 6.20. The van der Waals surface area contributed by atoms with Gasteiger partial charge in [0, 0.05) is 6.92 Å². The molecule has 0 radical (unpaired) electrons. The number of amides is 2. The van der Waals surface area contributed by atoms with Crippen molar-refractivity contribution in [1.82, 2.24) is 10.6 Å². The third kappa shape index (κ3) is 9.64. The third-order valence-electron chi connectivity index (χ3n) is 4.98. The monoisotopic (exact) mass is 548 g/mol. The van der Waals surface area contributed by atoms with E-state index >= 15 is 0 Å². The summed E-state index contributed by atoms with van der Waals surface area (Å²) in [7, 11) is -2.79. The van der Waals surface area contributed by atoms with Crippen LogP contribution in [0.3, 0.4) is 0 Å². The number of ether oxygens (including phenoxy) is 2. The van der Waals surface area contributed by atoms with Crippen molar-refractivity contribution in [2.75, 3.05) is 39.4 Å². The van der Waals surface area contributed by atoms with E-state index in [1.165, 1.54) is 26.2 Å². The second kappa shape index (κ2) is 13.9. The fourth-order valence-corrected chi connectivity index (χ4v) is 5.21. The van der Waals surface area contributed by atoms with Gasteiger partial charge in [-0.2, -0.15) is 0 Å². The summed E-state index contributed by atoms with van der Waals surface area (Å²) in [5, 5.41) is 5.24. The summed E-state index contributed by atoms with van der Waals surface area (Å²) in [5.74, 6) is -0.480. The van der Waals surface area contributed by atoms with Crippen LogP contribution < -0.4 is 15.4 Å². The molecule has 1 aromatic rings. The maximum absolute atomic E-state index is 12.7. The zero-order valence-electron chi connectivity index (χ0n) is 20.7. The number of methoxy groups -OCH3 is 1. The van der Waals surface area contributed by atoms with Crippen molar-refractivity contribution < 1.29 is 47.1 Å². The summed E-state index contributed by atoms with van der Waals surface area (Å²) in [6.07, 6.45) is -1.10. The van der Waals surface area contributed by atoms with Gasteiger partial charge in [0.1, 0.15) is 0 Å². The van der Waals surface area contributed by atoms with Crippen molar-refractivity contribution in [2.45, 2.75) is 33.3 Å². The van der Waals surface area contributed by atoms with E-state index in [-0.39, 0.29) is 36.2 Å². The summed E-state index contributed by atoms with van der Waals surface area (Å²) in [6.45, 7) is 4.57. The predicted molar refractivity (Wildman–Crippen MR) is 133 cm³/mol. The van der Waals surface area contributed by atoms with E-state index < -0.39 is 38.4 Å². The van der Waals surface area contributed by atoms with Gasteiger partial charge < -0.3 is 0 Å². The number of hydrogen-bond acceptors (Lipinski definition) is 11. The molecule has 1 saturated heterocycles. The fourth-order valence-electron chi connectivity index (χ4n) is 3.01. The van der Waals surface area contributed by atoms with Gasteiger partial charge in [0.2, 0.25) is 0 Å². The van der Waals surface area contributed by atoms with Gasteiger partial charge in [0.15, 0.2) is 0 Å². The van der Waals surface area contributed by atoms with Crippen LogP contribution in [0.2, 0.25) is 0 Å². The molecular formula is C22H33N2O10PS. The van der Waals surface area contributed by atoms with Crippen LogP contribution in [0.1, 0.15) is 37.6 Å². The van der Waals surface area contributed by atoms with Crippen LogP contribution in [-0.4, -0.2) is 73.2 Å². The molecule has 1 aliphatic heterocycles. The van der Waals surface area contributed by atoms with E-state index in [0.29, 0.717) is 18.0 Å². The average molecular weight is 549 g/mol. The minimum atomic E-state index is -4.29. The molecule has 202 valence electrons. The second-order valence-corrected chi connectivity index (χ2v) is 11.6. The maximum atomic E-state index is 12.7. The molecule has 1 atom stereocenters. The van der Waals surface area contributed by atoms with Gasteiger partial charge in [-0.25, -0.2) is 0 Å². The Bertz CT molecular complexity index is 930. The average Bonchev–Trinajstić information content (AvgIpc) is 2.83. The molecule has 1 aliphatic rings. The SMILES string of the molecule is COc1ccc(C(=O)OCO[PH]2(O)OCC(C)(C)[C@H](C(=O)NCCC(=O)NCCSC(C)=O)O2)cc1. The van der Waals surface area contributed by atoms with Crippen molar-refractivity contribution in [3.8, 4) is 5.75 Å². The van der Waals surface area contributed by atoms with E-state index in [9.17, 15) is 24.1 Å². The van der Waals surface area contributed by atoms with Gasteiger partial charge in [-0.1, -0.05) is 0 Å². The summed E-state index contributed by atoms with van der Waals surface area (Å²) < 4.78 is 26.1. The van der Waals surface area contributed by atoms with Gasteiger partial charge >= 0.3 is 203 Å². The van der Waals surface area contributed by atoms with Crippen LogP contribution in [0.25, 0.3) is 0 Å². The number of hydrogen-bond donors (Lipinski definition) is 3. The first-order valence-corrected chi connectivity index (χ1v) is 13.8. The minimum absolute atomic E-state index is 0.0274. The Morgan fingerprint density at radius 3 is 2.50 bits per heavy atom. The molecule has 12 nitrogen and oxygen atoms in total. The van der Waals surface area contributed by atoms with Crippen molar-refractivity contribution in [3.05, 3.63) is 29.8 Å². The molecule has 36 heavy (non-hydrogen) atoms. The Kier molecular flexibility index (Phi) is 11.5. The second-order valence-electron chi connectivity index (χ2n) is 8.45. The summed E-state index contributed by atoms with van der Waals surface area (Å²) in [5.41, 5.74) is -0.558. The van der Waals surface area contributed by atoms with E-state index in [0.717, 1.165) is 11.8 Å². The molecule has 1 heterocycles. The molecule has 0 saturated carbocycles. The predicted octanol–water partition coefficient (Wildman–Crippen LogP) is 1.57. The molecule has 2 amide bonds. The number of carbonyl (C=O) groups excluding carboxylic acids is 4. The van der Waals surface area contributed by atoms with Crippen LogP contribution in [0.15, 0.2) is 24.3 Å². The van der Waals surface area contributed by atoms with Crippen LogP contribution in [0.4, 0.5) is 0 Å². The Hall–Kier alpha value is -2.28. The summed E-state index contributed by atoms with van der Waals surface area (Å²) in [4.78, 5) is 58.3. The Balaban J connectivity index is 1.80. The number of rotatable bonds is 12. The van der Waals surface area contributed by atoms with E-state index in [1.807, 2.05) is 0 Å². The molecule has 14 heteroatoms. The number of benzene rings is 1. The summed E-state index contributed by atoms with van der Waals surface area (Å²) >= 11 is 1.11. The third-order valence-corrected chi connectivity index (χ3v) is 7.32. The van der Waals surface area contributed by atoms with E-state index in [2.05, 4.69) is 10.6 Å². The Morgan fingerprint density at radius 2 is 1.86 bits per heavy atom. The molecule has 1 aromatic carbocycles. The van der Waals surface area contributed by atoms with Gasteiger partial charge in [-0.3, -0.25) is 4.79 Å². The molecule has 1 fully saturated rings. The molecule has 3 N–H and O–H groups in total. The Labute approximate surface area is 214 Å². The molecule has 2 rings (SSSR count). The molecular weight excluding hydrogens is 515 g/mol.